The second-order valence-corrected chi connectivity index (χ2v) is 12.9. The van der Waals surface area contributed by atoms with Gasteiger partial charge < -0.3 is 19.7 Å². The van der Waals surface area contributed by atoms with Crippen molar-refractivity contribution in [3.05, 3.63) is 34.4 Å². The third kappa shape index (κ3) is 3.04. The molecular weight excluding hydrogens is 430 g/mol. The molecule has 0 aromatic carbocycles. The van der Waals surface area contributed by atoms with Gasteiger partial charge in [-0.05, 0) is 99.0 Å². The predicted octanol–water partition coefficient (Wildman–Crippen LogP) is 3.43. The summed E-state index contributed by atoms with van der Waals surface area (Å²) in [6.45, 7) is 6.24. The number of aliphatic hydroxyl groups excluding tert-OH is 1. The van der Waals surface area contributed by atoms with Crippen molar-refractivity contribution in [3.8, 4) is 0 Å². The predicted molar refractivity (Wildman–Crippen MR) is 128 cm³/mol. The molecule has 1 aliphatic heterocycles. The van der Waals surface area contributed by atoms with Crippen molar-refractivity contribution >= 4 is 0 Å². The first-order valence-corrected chi connectivity index (χ1v) is 13.6. The smallest absolute Gasteiger partial charge is 0.335 e. The van der Waals surface area contributed by atoms with Crippen molar-refractivity contribution < 1.29 is 19.7 Å². The SMILES string of the molecule is C[C@]12CC[C@H](N3CCC(O)C3)C[C@@]1(O)CC[C@@H]1[C@@H]2CC[C@]2(C)[C@@H](c3ccc(=O)oc3)CC[C@]12O. The Morgan fingerprint density at radius 2 is 1.71 bits per heavy atom. The lowest BCUT2D eigenvalue weighted by atomic mass is 9.41. The third-order valence-electron chi connectivity index (χ3n) is 11.8. The maximum absolute atomic E-state index is 12.4. The van der Waals surface area contributed by atoms with Crippen LogP contribution in [0.25, 0.3) is 0 Å². The molecule has 34 heavy (non-hydrogen) atoms. The van der Waals surface area contributed by atoms with Gasteiger partial charge in [0.05, 0.1) is 23.6 Å². The van der Waals surface area contributed by atoms with Crippen LogP contribution in [0.3, 0.4) is 0 Å². The van der Waals surface area contributed by atoms with Gasteiger partial charge >= 0.3 is 5.63 Å². The first kappa shape index (κ1) is 23.2. The van der Waals surface area contributed by atoms with Crippen molar-refractivity contribution in [2.45, 2.75) is 107 Å². The van der Waals surface area contributed by atoms with Gasteiger partial charge in [0.2, 0.25) is 0 Å². The summed E-state index contributed by atoms with van der Waals surface area (Å²) in [5, 5.41) is 34.5. The van der Waals surface area contributed by atoms with E-state index in [0.717, 1.165) is 82.9 Å². The molecule has 6 nitrogen and oxygen atoms in total. The van der Waals surface area contributed by atoms with Crippen LogP contribution >= 0.6 is 0 Å². The molecule has 0 spiro atoms. The summed E-state index contributed by atoms with van der Waals surface area (Å²) in [7, 11) is 0. The molecular formula is C28H41NO5. The van der Waals surface area contributed by atoms with Gasteiger partial charge in [0.25, 0.3) is 0 Å². The monoisotopic (exact) mass is 471 g/mol. The molecule has 6 rings (SSSR count). The van der Waals surface area contributed by atoms with E-state index in [1.165, 1.54) is 6.07 Å². The van der Waals surface area contributed by atoms with Crippen molar-refractivity contribution in [2.75, 3.05) is 13.1 Å². The summed E-state index contributed by atoms with van der Waals surface area (Å²) in [6.07, 6.45) is 10.3. The number of hydrogen-bond donors (Lipinski definition) is 3. The minimum Gasteiger partial charge on any atom is -0.431 e. The van der Waals surface area contributed by atoms with Crippen molar-refractivity contribution in [3.63, 3.8) is 0 Å². The molecule has 0 amide bonds. The first-order valence-electron chi connectivity index (χ1n) is 13.6. The molecule has 1 aromatic rings. The van der Waals surface area contributed by atoms with Crippen molar-refractivity contribution in [1.82, 2.24) is 4.90 Å². The van der Waals surface area contributed by atoms with Gasteiger partial charge in [-0.2, -0.15) is 0 Å². The zero-order valence-corrected chi connectivity index (χ0v) is 20.7. The second kappa shape index (κ2) is 7.64. The molecule has 5 fully saturated rings. The molecule has 4 saturated carbocycles. The molecule has 0 bridgehead atoms. The van der Waals surface area contributed by atoms with Crippen LogP contribution in [0.5, 0.6) is 0 Å². The molecule has 3 N–H and O–H groups in total. The Hall–Kier alpha value is -1.21. The fourth-order valence-electron chi connectivity index (χ4n) is 9.71. The van der Waals surface area contributed by atoms with Gasteiger partial charge in [0, 0.05) is 30.6 Å². The molecule has 2 heterocycles. The van der Waals surface area contributed by atoms with Crippen LogP contribution in [0, 0.1) is 22.7 Å². The van der Waals surface area contributed by atoms with E-state index in [4.69, 9.17) is 4.42 Å². The topological polar surface area (TPSA) is 94.1 Å². The molecule has 1 saturated heterocycles. The number of fused-ring (bicyclic) bond motifs is 5. The highest BCUT2D eigenvalue weighted by Gasteiger charge is 2.70. The summed E-state index contributed by atoms with van der Waals surface area (Å²) in [4.78, 5) is 13.9. The van der Waals surface area contributed by atoms with Crippen LogP contribution in [0.1, 0.15) is 89.5 Å². The Morgan fingerprint density at radius 1 is 0.941 bits per heavy atom. The van der Waals surface area contributed by atoms with Crippen molar-refractivity contribution in [2.24, 2.45) is 22.7 Å². The lowest BCUT2D eigenvalue weighted by Gasteiger charge is -2.66. The lowest BCUT2D eigenvalue weighted by Crippen LogP contribution is -2.67. The maximum atomic E-state index is 12.4. The summed E-state index contributed by atoms with van der Waals surface area (Å²) >= 11 is 0. The minimum absolute atomic E-state index is 0.181. The summed E-state index contributed by atoms with van der Waals surface area (Å²) in [6, 6.07) is 3.74. The number of nitrogens with zero attached hydrogens (tertiary/aromatic N) is 1. The Labute approximate surface area is 202 Å². The van der Waals surface area contributed by atoms with Crippen LogP contribution in [0.4, 0.5) is 0 Å². The van der Waals surface area contributed by atoms with Gasteiger partial charge in [0.1, 0.15) is 0 Å². The molecule has 1 unspecified atom stereocenters. The highest BCUT2D eigenvalue weighted by Crippen LogP contribution is 2.71. The highest BCUT2D eigenvalue weighted by atomic mass is 16.4. The van der Waals surface area contributed by atoms with Gasteiger partial charge in [-0.1, -0.05) is 13.8 Å². The Bertz CT molecular complexity index is 990. The number of hydrogen-bond acceptors (Lipinski definition) is 6. The first-order chi connectivity index (χ1) is 16.1. The van der Waals surface area contributed by atoms with E-state index in [1.807, 2.05) is 6.07 Å². The molecule has 0 radical (unpaired) electrons. The Kier molecular flexibility index (Phi) is 5.22. The fraction of sp³-hybridized carbons (Fsp3) is 0.821. The Morgan fingerprint density at radius 3 is 2.41 bits per heavy atom. The maximum Gasteiger partial charge on any atom is 0.335 e. The van der Waals surface area contributed by atoms with Crippen LogP contribution < -0.4 is 5.63 Å². The molecule has 9 atom stereocenters. The van der Waals surface area contributed by atoms with E-state index in [-0.39, 0.29) is 34.4 Å². The van der Waals surface area contributed by atoms with E-state index >= 15 is 0 Å². The lowest BCUT2D eigenvalue weighted by molar-refractivity contribution is -0.250. The van der Waals surface area contributed by atoms with Crippen LogP contribution in [0.15, 0.2) is 27.6 Å². The summed E-state index contributed by atoms with van der Waals surface area (Å²) in [5.74, 6) is 0.707. The molecule has 188 valence electrons. The highest BCUT2D eigenvalue weighted by molar-refractivity contribution is 5.28. The number of rotatable bonds is 2. The molecule has 1 aromatic heterocycles. The average Bonchev–Trinajstić information content (AvgIpc) is 3.35. The largest absolute Gasteiger partial charge is 0.431 e. The normalized spacial score (nSPS) is 51.0. The van der Waals surface area contributed by atoms with Crippen LogP contribution in [0.2, 0.25) is 0 Å². The summed E-state index contributed by atoms with van der Waals surface area (Å²) in [5.41, 5.74) is -1.18. The van der Waals surface area contributed by atoms with Gasteiger partial charge in [0.15, 0.2) is 0 Å². The quantitative estimate of drug-likeness (QED) is 0.612. The number of likely N-dealkylation sites (tertiary alicyclic amines) is 1. The Balaban J connectivity index is 1.27. The summed E-state index contributed by atoms with van der Waals surface area (Å²) < 4.78 is 5.20. The second-order valence-electron chi connectivity index (χ2n) is 12.9. The van der Waals surface area contributed by atoms with E-state index in [9.17, 15) is 20.1 Å². The van der Waals surface area contributed by atoms with Gasteiger partial charge in [-0.3, -0.25) is 4.90 Å². The van der Waals surface area contributed by atoms with E-state index in [0.29, 0.717) is 12.0 Å². The van der Waals surface area contributed by atoms with E-state index in [2.05, 4.69) is 18.7 Å². The number of β-amino-alcohol motifs (C(OH)–C–C–N with tert-alkyl or cyclic N) is 1. The van der Waals surface area contributed by atoms with Gasteiger partial charge in [-0.25, -0.2) is 4.79 Å². The zero-order valence-electron chi connectivity index (χ0n) is 20.7. The van der Waals surface area contributed by atoms with Crippen molar-refractivity contribution in [1.29, 1.82) is 0 Å². The van der Waals surface area contributed by atoms with Crippen LogP contribution in [-0.4, -0.2) is 56.7 Å². The number of aliphatic hydroxyl groups is 3. The average molecular weight is 472 g/mol. The van der Waals surface area contributed by atoms with E-state index < -0.39 is 11.2 Å². The third-order valence-corrected chi connectivity index (χ3v) is 11.8. The van der Waals surface area contributed by atoms with Crippen LogP contribution in [-0.2, 0) is 0 Å². The standard InChI is InChI=1S/C28H41NO5/c1-25-10-5-19(29-14-9-20(30)16-29)15-27(25,32)12-7-23-22(25)6-11-26(2)21(8-13-28(23,26)33)18-3-4-24(31)34-17-18/h3-4,17,19-23,30,32-33H,5-16H2,1-2H3/t19-,20?,21+,22-,23+,25+,26+,27-,28-/m0/s1. The van der Waals surface area contributed by atoms with E-state index in [1.54, 1.807) is 6.26 Å². The molecule has 4 aliphatic carbocycles. The minimum atomic E-state index is -0.753. The fourth-order valence-corrected chi connectivity index (χ4v) is 9.71. The zero-order chi connectivity index (χ0) is 23.9. The van der Waals surface area contributed by atoms with Gasteiger partial charge in [-0.15, -0.1) is 0 Å². The molecule has 6 heteroatoms. The molecule has 5 aliphatic rings.